The van der Waals surface area contributed by atoms with E-state index in [1.54, 1.807) is 6.07 Å². The monoisotopic (exact) mass is 314 g/mol. The van der Waals surface area contributed by atoms with E-state index in [9.17, 15) is 8.42 Å². The zero-order valence-corrected chi connectivity index (χ0v) is 13.2. The molecule has 0 amide bonds. The molecule has 1 aromatic rings. The maximum absolute atomic E-state index is 12.2. The molecule has 2 saturated carbocycles. The van der Waals surface area contributed by atoms with Crippen molar-refractivity contribution >= 4 is 21.4 Å². The van der Waals surface area contributed by atoms with Crippen molar-refractivity contribution in [1.82, 2.24) is 10.0 Å². The highest BCUT2D eigenvalue weighted by Gasteiger charge is 2.22. The first-order valence-electron chi connectivity index (χ1n) is 7.44. The molecule has 0 radical (unpaired) electrons. The van der Waals surface area contributed by atoms with Crippen molar-refractivity contribution in [2.24, 2.45) is 5.92 Å². The van der Waals surface area contributed by atoms with Gasteiger partial charge in [-0.2, -0.15) is 0 Å². The SMILES string of the molecule is O=S(=O)(NCCC1CCC1)c1cc(CNC2CC2)cs1. The fraction of sp³-hybridized carbons (Fsp3) is 0.714. The summed E-state index contributed by atoms with van der Waals surface area (Å²) in [5.74, 6) is 0.735. The molecule has 0 bridgehead atoms. The summed E-state index contributed by atoms with van der Waals surface area (Å²) in [5.41, 5.74) is 1.07. The van der Waals surface area contributed by atoms with E-state index < -0.39 is 10.0 Å². The molecule has 2 aliphatic carbocycles. The van der Waals surface area contributed by atoms with Gasteiger partial charge in [0.05, 0.1) is 0 Å². The molecule has 0 aromatic carbocycles. The van der Waals surface area contributed by atoms with Crippen molar-refractivity contribution in [3.8, 4) is 0 Å². The first-order chi connectivity index (χ1) is 9.63. The van der Waals surface area contributed by atoms with E-state index in [-0.39, 0.29) is 0 Å². The molecule has 1 heterocycles. The Morgan fingerprint density at radius 3 is 2.70 bits per heavy atom. The molecule has 112 valence electrons. The number of rotatable bonds is 8. The molecule has 20 heavy (non-hydrogen) atoms. The highest BCUT2D eigenvalue weighted by atomic mass is 32.2. The van der Waals surface area contributed by atoms with Crippen molar-refractivity contribution < 1.29 is 8.42 Å². The normalized spacial score (nSPS) is 20.0. The van der Waals surface area contributed by atoms with Crippen LogP contribution in [0.2, 0.25) is 0 Å². The smallest absolute Gasteiger partial charge is 0.250 e. The van der Waals surface area contributed by atoms with Gasteiger partial charge in [-0.15, -0.1) is 11.3 Å². The van der Waals surface area contributed by atoms with E-state index in [1.807, 2.05) is 5.38 Å². The van der Waals surface area contributed by atoms with Crippen LogP contribution in [-0.4, -0.2) is 21.0 Å². The molecule has 1 aromatic heterocycles. The third kappa shape index (κ3) is 3.81. The molecule has 0 atom stereocenters. The van der Waals surface area contributed by atoms with Crippen LogP contribution in [0.4, 0.5) is 0 Å². The summed E-state index contributed by atoms with van der Waals surface area (Å²) in [6.07, 6.45) is 7.30. The van der Waals surface area contributed by atoms with E-state index in [2.05, 4.69) is 10.0 Å². The molecule has 4 nitrogen and oxygen atoms in total. The van der Waals surface area contributed by atoms with Crippen molar-refractivity contribution in [3.05, 3.63) is 17.0 Å². The number of thiophene rings is 1. The zero-order chi connectivity index (χ0) is 14.0. The van der Waals surface area contributed by atoms with Gasteiger partial charge in [-0.25, -0.2) is 13.1 Å². The summed E-state index contributed by atoms with van der Waals surface area (Å²) in [4.78, 5) is 0. The van der Waals surface area contributed by atoms with Crippen molar-refractivity contribution in [2.45, 2.75) is 55.3 Å². The average molecular weight is 314 g/mol. The fourth-order valence-corrected chi connectivity index (χ4v) is 4.69. The second-order valence-corrected chi connectivity index (χ2v) is 8.82. The first kappa shape index (κ1) is 14.5. The minimum absolute atomic E-state index is 0.443. The van der Waals surface area contributed by atoms with E-state index >= 15 is 0 Å². The van der Waals surface area contributed by atoms with Gasteiger partial charge in [0.1, 0.15) is 4.21 Å². The minimum atomic E-state index is -3.30. The maximum Gasteiger partial charge on any atom is 0.250 e. The molecular formula is C14H22N2O2S2. The molecule has 0 saturated heterocycles. The molecule has 2 aliphatic rings. The van der Waals surface area contributed by atoms with Gasteiger partial charge in [-0.05, 0) is 42.2 Å². The molecule has 6 heteroatoms. The molecule has 0 unspecified atom stereocenters. The third-order valence-electron chi connectivity index (χ3n) is 4.14. The Kier molecular flexibility index (Phi) is 4.45. The van der Waals surface area contributed by atoms with Crippen molar-refractivity contribution in [3.63, 3.8) is 0 Å². The minimum Gasteiger partial charge on any atom is -0.310 e. The Bertz CT molecular complexity index is 545. The standard InChI is InChI=1S/C14H22N2O2S2/c17-20(18,16-7-6-11-2-1-3-11)14-8-12(10-19-14)9-15-13-4-5-13/h8,10-11,13,15-16H,1-7,9H2. The number of hydrogen-bond donors (Lipinski definition) is 2. The second kappa shape index (κ2) is 6.13. The largest absolute Gasteiger partial charge is 0.310 e. The summed E-state index contributed by atoms with van der Waals surface area (Å²) in [5, 5.41) is 5.34. The summed E-state index contributed by atoms with van der Waals surface area (Å²) in [7, 11) is -3.30. The van der Waals surface area contributed by atoms with Gasteiger partial charge in [0.15, 0.2) is 0 Å². The molecule has 2 N–H and O–H groups in total. The summed E-state index contributed by atoms with van der Waals surface area (Å²) >= 11 is 1.32. The zero-order valence-electron chi connectivity index (χ0n) is 11.6. The Labute approximate surface area is 125 Å². The maximum atomic E-state index is 12.2. The topological polar surface area (TPSA) is 58.2 Å². The van der Waals surface area contributed by atoms with Gasteiger partial charge in [0.2, 0.25) is 10.0 Å². The van der Waals surface area contributed by atoms with Crippen LogP contribution in [0.25, 0.3) is 0 Å². The van der Waals surface area contributed by atoms with Crippen LogP contribution < -0.4 is 10.0 Å². The lowest BCUT2D eigenvalue weighted by molar-refractivity contribution is 0.297. The lowest BCUT2D eigenvalue weighted by Gasteiger charge is -2.24. The highest BCUT2D eigenvalue weighted by molar-refractivity contribution is 7.91. The molecule has 3 rings (SSSR count). The van der Waals surface area contributed by atoms with E-state index in [0.29, 0.717) is 16.8 Å². The van der Waals surface area contributed by atoms with Crippen molar-refractivity contribution in [2.75, 3.05) is 6.54 Å². The van der Waals surface area contributed by atoms with Crippen molar-refractivity contribution in [1.29, 1.82) is 0 Å². The lowest BCUT2D eigenvalue weighted by atomic mass is 9.83. The Balaban J connectivity index is 1.49. The highest BCUT2D eigenvalue weighted by Crippen LogP contribution is 2.29. The average Bonchev–Trinajstić information content (AvgIpc) is 3.06. The van der Waals surface area contributed by atoms with Crippen LogP contribution in [0, 0.1) is 5.92 Å². The Morgan fingerprint density at radius 2 is 2.05 bits per heavy atom. The molecular weight excluding hydrogens is 292 g/mol. The van der Waals surface area contributed by atoms with Gasteiger partial charge in [-0.3, -0.25) is 0 Å². The summed E-state index contributed by atoms with van der Waals surface area (Å²) in [6.45, 7) is 1.35. The number of sulfonamides is 1. The van der Waals surface area contributed by atoms with E-state index in [4.69, 9.17) is 0 Å². The summed E-state index contributed by atoms with van der Waals surface area (Å²) in [6, 6.07) is 2.45. The van der Waals surface area contributed by atoms with Crippen LogP contribution in [-0.2, 0) is 16.6 Å². The van der Waals surface area contributed by atoms with Crippen LogP contribution in [0.3, 0.4) is 0 Å². The quantitative estimate of drug-likeness (QED) is 0.775. The Morgan fingerprint density at radius 1 is 1.25 bits per heavy atom. The number of hydrogen-bond acceptors (Lipinski definition) is 4. The predicted molar refractivity (Wildman–Crippen MR) is 81.3 cm³/mol. The van der Waals surface area contributed by atoms with Crippen LogP contribution >= 0.6 is 11.3 Å². The Hall–Kier alpha value is -0.430. The lowest BCUT2D eigenvalue weighted by Crippen LogP contribution is -2.27. The first-order valence-corrected chi connectivity index (χ1v) is 9.80. The fourth-order valence-electron chi connectivity index (χ4n) is 2.39. The van der Waals surface area contributed by atoms with Gasteiger partial charge < -0.3 is 5.32 Å². The van der Waals surface area contributed by atoms with Crippen LogP contribution in [0.1, 0.15) is 44.1 Å². The third-order valence-corrected chi connectivity index (χ3v) is 7.09. The van der Waals surface area contributed by atoms with Gasteiger partial charge in [0, 0.05) is 19.1 Å². The predicted octanol–water partition coefficient (Wildman–Crippen LogP) is 2.47. The summed E-state index contributed by atoms with van der Waals surface area (Å²) < 4.78 is 27.5. The van der Waals surface area contributed by atoms with Gasteiger partial charge in [-0.1, -0.05) is 19.3 Å². The number of nitrogens with one attached hydrogen (secondary N) is 2. The van der Waals surface area contributed by atoms with Crippen LogP contribution in [0.5, 0.6) is 0 Å². The molecule has 2 fully saturated rings. The van der Waals surface area contributed by atoms with Gasteiger partial charge in [0.25, 0.3) is 0 Å². The van der Waals surface area contributed by atoms with E-state index in [1.165, 1.54) is 43.4 Å². The molecule has 0 aliphatic heterocycles. The molecule has 0 spiro atoms. The van der Waals surface area contributed by atoms with Crippen LogP contribution in [0.15, 0.2) is 15.7 Å². The van der Waals surface area contributed by atoms with E-state index in [0.717, 1.165) is 24.4 Å². The van der Waals surface area contributed by atoms with Gasteiger partial charge >= 0.3 is 0 Å². The second-order valence-electron chi connectivity index (χ2n) is 5.91.